The molecule has 2 fully saturated rings. The van der Waals surface area contributed by atoms with Gasteiger partial charge in [-0.25, -0.2) is 0 Å². The maximum Gasteiger partial charge on any atom is 0.0914 e. The summed E-state index contributed by atoms with van der Waals surface area (Å²) in [4.78, 5) is 4.73. The minimum atomic E-state index is -0.388. The number of rotatable bonds is 17. The van der Waals surface area contributed by atoms with Crippen LogP contribution in [0.25, 0.3) is 0 Å². The third kappa shape index (κ3) is 12.1. The number of nitrogens with zero attached hydrogens (tertiary/aromatic N) is 4. The van der Waals surface area contributed by atoms with Gasteiger partial charge in [0, 0.05) is 51.0 Å². The average Bonchev–Trinajstić information content (AvgIpc) is 2.83. The van der Waals surface area contributed by atoms with Crippen molar-refractivity contribution in [2.45, 2.75) is 63.6 Å². The lowest BCUT2D eigenvalue weighted by molar-refractivity contribution is -0.913. The maximum absolute atomic E-state index is 9.75. The number of β-amino-alcohol motifs (C(OH)–C–C–N with tert-alkyl or cyclic N) is 2. The summed E-state index contributed by atoms with van der Waals surface area (Å²) in [6.45, 7) is 13.1. The van der Waals surface area contributed by atoms with Crippen molar-refractivity contribution in [2.24, 2.45) is 0 Å². The second-order valence-corrected chi connectivity index (χ2v) is 12.2. The van der Waals surface area contributed by atoms with E-state index < -0.39 is 0 Å². The lowest BCUT2D eigenvalue weighted by atomic mass is 10.1. The van der Waals surface area contributed by atoms with Gasteiger partial charge in [0.2, 0.25) is 0 Å². The molecule has 0 spiro atoms. The SMILES string of the molecule is C[N+]1(CCCCCCCCCC[N+]2(C)CCN(CC(O)CCl)CC2)CCN(CC(O)CCl)CC1. The van der Waals surface area contributed by atoms with Gasteiger partial charge >= 0.3 is 0 Å². The highest BCUT2D eigenvalue weighted by atomic mass is 35.5. The maximum atomic E-state index is 9.75. The number of likely N-dealkylation sites (N-methyl/N-ethyl adjacent to an activating group) is 2. The fraction of sp³-hybridized carbons (Fsp3) is 1.00. The minimum Gasteiger partial charge on any atom is -0.391 e. The van der Waals surface area contributed by atoms with Gasteiger partial charge in [-0.2, -0.15) is 0 Å². The van der Waals surface area contributed by atoms with Crippen molar-refractivity contribution in [3.63, 3.8) is 0 Å². The van der Waals surface area contributed by atoms with Crippen molar-refractivity contribution < 1.29 is 19.2 Å². The number of piperazine rings is 2. The molecule has 34 heavy (non-hydrogen) atoms. The first-order valence-corrected chi connectivity index (χ1v) is 14.9. The Morgan fingerprint density at radius 1 is 0.588 bits per heavy atom. The van der Waals surface area contributed by atoms with Gasteiger partial charge in [0.1, 0.15) is 0 Å². The van der Waals surface area contributed by atoms with Gasteiger partial charge in [-0.1, -0.05) is 25.7 Å². The number of halogens is 2. The molecule has 2 heterocycles. The Balaban J connectivity index is 1.41. The fourth-order valence-corrected chi connectivity index (χ4v) is 5.73. The van der Waals surface area contributed by atoms with Crippen molar-refractivity contribution in [3.05, 3.63) is 0 Å². The van der Waals surface area contributed by atoms with Gasteiger partial charge in [-0.05, 0) is 25.7 Å². The van der Waals surface area contributed by atoms with Crippen LogP contribution in [0.15, 0.2) is 0 Å². The molecule has 0 aromatic rings. The van der Waals surface area contributed by atoms with Gasteiger partial charge in [-0.15, -0.1) is 23.2 Å². The zero-order valence-corrected chi connectivity index (χ0v) is 23.7. The Morgan fingerprint density at radius 3 is 1.18 bits per heavy atom. The van der Waals surface area contributed by atoms with E-state index in [9.17, 15) is 10.2 Å². The highest BCUT2D eigenvalue weighted by Gasteiger charge is 2.29. The van der Waals surface area contributed by atoms with E-state index in [4.69, 9.17) is 23.2 Å². The lowest BCUT2D eigenvalue weighted by Gasteiger charge is -2.42. The molecule has 2 aliphatic rings. The number of hydrogen-bond donors (Lipinski definition) is 2. The first-order chi connectivity index (χ1) is 16.3. The van der Waals surface area contributed by atoms with Gasteiger partial charge in [0.25, 0.3) is 0 Å². The van der Waals surface area contributed by atoms with Crippen LogP contribution in [0.3, 0.4) is 0 Å². The molecule has 202 valence electrons. The lowest BCUT2D eigenvalue weighted by Crippen LogP contribution is -2.58. The van der Waals surface area contributed by atoms with Crippen LogP contribution in [0.2, 0.25) is 0 Å². The zero-order valence-electron chi connectivity index (χ0n) is 22.2. The summed E-state index contributed by atoms with van der Waals surface area (Å²) in [6.07, 6.45) is 10.2. The highest BCUT2D eigenvalue weighted by molar-refractivity contribution is 6.18. The van der Waals surface area contributed by atoms with Crippen molar-refractivity contribution in [3.8, 4) is 0 Å². The molecule has 2 N–H and O–H groups in total. The molecule has 0 saturated carbocycles. The van der Waals surface area contributed by atoms with E-state index in [0.717, 1.165) is 39.3 Å². The highest BCUT2D eigenvalue weighted by Crippen LogP contribution is 2.16. The van der Waals surface area contributed by atoms with Crippen LogP contribution >= 0.6 is 23.2 Å². The Hall–Kier alpha value is 0.340. The first-order valence-electron chi connectivity index (χ1n) is 13.9. The second-order valence-electron chi connectivity index (χ2n) is 11.6. The molecule has 0 aliphatic carbocycles. The number of aliphatic hydroxyl groups excluding tert-OH is 2. The topological polar surface area (TPSA) is 46.9 Å². The summed E-state index contributed by atoms with van der Waals surface area (Å²) in [6, 6.07) is 0. The molecule has 2 atom stereocenters. The molecule has 6 nitrogen and oxygen atoms in total. The number of aliphatic hydroxyl groups is 2. The smallest absolute Gasteiger partial charge is 0.0914 e. The third-order valence-corrected chi connectivity index (χ3v) is 8.98. The van der Waals surface area contributed by atoms with E-state index in [1.54, 1.807) is 0 Å². The summed E-state index contributed by atoms with van der Waals surface area (Å²) in [5.74, 6) is 0.671. The number of unbranched alkanes of at least 4 members (excludes halogenated alkanes) is 7. The molecule has 0 radical (unpaired) electrons. The van der Waals surface area contributed by atoms with Crippen LogP contribution in [0.1, 0.15) is 51.4 Å². The van der Waals surface area contributed by atoms with Gasteiger partial charge < -0.3 is 19.2 Å². The molecule has 8 heteroatoms. The molecule has 0 aromatic carbocycles. The molecule has 0 bridgehead atoms. The molecule has 0 aromatic heterocycles. The molecule has 2 rings (SSSR count). The van der Waals surface area contributed by atoms with E-state index in [1.807, 2.05) is 0 Å². The Bertz CT molecular complexity index is 481. The average molecular weight is 526 g/mol. The van der Waals surface area contributed by atoms with Crippen molar-refractivity contribution in [1.82, 2.24) is 9.80 Å². The number of alkyl halides is 2. The van der Waals surface area contributed by atoms with Crippen LogP contribution in [0, 0.1) is 0 Å². The quantitative estimate of drug-likeness (QED) is 0.174. The predicted octanol–water partition coefficient (Wildman–Crippen LogP) is 2.83. The Kier molecular flexibility index (Phi) is 14.6. The van der Waals surface area contributed by atoms with Gasteiger partial charge in [0.15, 0.2) is 0 Å². The predicted molar refractivity (Wildman–Crippen MR) is 145 cm³/mol. The second kappa shape index (κ2) is 16.2. The van der Waals surface area contributed by atoms with E-state index >= 15 is 0 Å². The third-order valence-electron chi connectivity index (χ3n) is 8.26. The van der Waals surface area contributed by atoms with E-state index in [1.165, 1.54) is 99.6 Å². The number of quaternary nitrogens is 2. The van der Waals surface area contributed by atoms with E-state index in [2.05, 4.69) is 23.9 Å². The molecule has 2 saturated heterocycles. The van der Waals surface area contributed by atoms with Crippen molar-refractivity contribution >= 4 is 23.2 Å². The van der Waals surface area contributed by atoms with Gasteiger partial charge in [0.05, 0.1) is 65.6 Å². The molecular weight excluding hydrogens is 471 g/mol. The van der Waals surface area contributed by atoms with Crippen LogP contribution in [-0.2, 0) is 0 Å². The standard InChI is InChI=1S/C26H54Cl2N4O2/c1-31(17-11-29(12-18-31)23-25(33)21-27)15-9-7-5-3-4-6-8-10-16-32(2)19-13-30(14-20-32)24-26(34)22-28/h25-26,33-34H,3-24H2,1-2H3/q+2. The van der Waals surface area contributed by atoms with Crippen LogP contribution in [0.4, 0.5) is 0 Å². The fourth-order valence-electron chi connectivity index (χ4n) is 5.53. The summed E-state index contributed by atoms with van der Waals surface area (Å²) in [7, 11) is 4.81. The largest absolute Gasteiger partial charge is 0.391 e. The van der Waals surface area contributed by atoms with Crippen LogP contribution in [-0.4, -0.2) is 146 Å². The molecule has 0 amide bonds. The van der Waals surface area contributed by atoms with Gasteiger partial charge in [-0.3, -0.25) is 9.80 Å². The number of hydrogen-bond acceptors (Lipinski definition) is 4. The van der Waals surface area contributed by atoms with Crippen LogP contribution < -0.4 is 0 Å². The zero-order chi connectivity index (χ0) is 24.9. The van der Waals surface area contributed by atoms with Crippen LogP contribution in [0.5, 0.6) is 0 Å². The molecule has 2 unspecified atom stereocenters. The molecule has 2 aliphatic heterocycles. The summed E-state index contributed by atoms with van der Waals surface area (Å²) < 4.78 is 2.38. The Labute approximate surface area is 220 Å². The minimum absolute atomic E-state index is 0.336. The van der Waals surface area contributed by atoms with E-state index in [-0.39, 0.29) is 12.2 Å². The Morgan fingerprint density at radius 2 is 0.882 bits per heavy atom. The van der Waals surface area contributed by atoms with Crippen molar-refractivity contribution in [1.29, 1.82) is 0 Å². The summed E-state index contributed by atoms with van der Waals surface area (Å²) >= 11 is 11.5. The van der Waals surface area contributed by atoms with Crippen molar-refractivity contribution in [2.75, 3.05) is 104 Å². The first kappa shape index (κ1) is 30.6. The summed E-state index contributed by atoms with van der Waals surface area (Å²) in [5, 5.41) is 19.5. The van der Waals surface area contributed by atoms with E-state index in [0.29, 0.717) is 11.8 Å². The monoisotopic (exact) mass is 524 g/mol. The molecular formula is C26H54Cl2N4O2+2. The summed E-state index contributed by atoms with van der Waals surface area (Å²) in [5.41, 5.74) is 0. The normalized spacial score (nSPS) is 23.1.